The van der Waals surface area contributed by atoms with Crippen molar-refractivity contribution in [3.8, 4) is 0 Å². The second-order valence-electron chi connectivity index (χ2n) is 10.9. The number of carbonyl (C=O) groups is 2. The SMILES string of the molecule is CC(C)(C)OC(=O)C(C)(C)N1CCN(c2ccc(B3OC(C)(C)C(C)(C)O3)cc2F)C1=O. The average Bonchev–Trinajstić information content (AvgIpc) is 3.10. The van der Waals surface area contributed by atoms with Crippen LogP contribution in [0.15, 0.2) is 18.2 Å². The van der Waals surface area contributed by atoms with Gasteiger partial charge in [0.25, 0.3) is 0 Å². The van der Waals surface area contributed by atoms with Crippen molar-refractivity contribution in [3.05, 3.63) is 24.0 Å². The van der Waals surface area contributed by atoms with Crippen LogP contribution in [0.4, 0.5) is 14.9 Å². The molecular formula is C23H34BFN2O5. The van der Waals surface area contributed by atoms with Crippen molar-refractivity contribution in [2.45, 2.75) is 84.7 Å². The van der Waals surface area contributed by atoms with Gasteiger partial charge in [0.15, 0.2) is 0 Å². The molecule has 2 aliphatic rings. The third-order valence-electron chi connectivity index (χ3n) is 6.37. The van der Waals surface area contributed by atoms with Gasteiger partial charge in [-0.3, -0.25) is 4.90 Å². The molecule has 0 saturated carbocycles. The molecule has 1 aromatic rings. The lowest BCUT2D eigenvalue weighted by Crippen LogP contribution is -2.54. The van der Waals surface area contributed by atoms with E-state index < -0.39 is 47.3 Å². The van der Waals surface area contributed by atoms with Crippen LogP contribution in [0.5, 0.6) is 0 Å². The summed E-state index contributed by atoms with van der Waals surface area (Å²) in [5.74, 6) is -1.06. The number of carbonyl (C=O) groups excluding carboxylic acids is 2. The van der Waals surface area contributed by atoms with E-state index in [2.05, 4.69) is 0 Å². The summed E-state index contributed by atoms with van der Waals surface area (Å²) in [4.78, 5) is 28.6. The van der Waals surface area contributed by atoms with Gasteiger partial charge in [-0.2, -0.15) is 0 Å². The number of benzene rings is 1. The Balaban J connectivity index is 1.79. The minimum absolute atomic E-state index is 0.151. The summed E-state index contributed by atoms with van der Waals surface area (Å²) < 4.78 is 32.6. The number of ether oxygens (including phenoxy) is 1. The molecule has 1 aromatic carbocycles. The molecule has 3 rings (SSSR count). The van der Waals surface area contributed by atoms with E-state index >= 15 is 4.39 Å². The number of urea groups is 1. The summed E-state index contributed by atoms with van der Waals surface area (Å²) in [7, 11) is -0.694. The number of rotatable bonds is 4. The number of nitrogens with zero attached hydrogens (tertiary/aromatic N) is 2. The van der Waals surface area contributed by atoms with Crippen LogP contribution >= 0.6 is 0 Å². The third-order valence-corrected chi connectivity index (χ3v) is 6.37. The number of amides is 2. The Morgan fingerprint density at radius 2 is 1.62 bits per heavy atom. The van der Waals surface area contributed by atoms with Crippen molar-refractivity contribution in [2.24, 2.45) is 0 Å². The van der Waals surface area contributed by atoms with Crippen molar-refractivity contribution >= 4 is 30.3 Å². The van der Waals surface area contributed by atoms with Gasteiger partial charge in [-0.15, -0.1) is 0 Å². The van der Waals surface area contributed by atoms with Crippen molar-refractivity contribution in [3.63, 3.8) is 0 Å². The maximum absolute atomic E-state index is 15.1. The first-order chi connectivity index (χ1) is 14.5. The van der Waals surface area contributed by atoms with E-state index in [4.69, 9.17) is 14.0 Å². The fourth-order valence-corrected chi connectivity index (χ4v) is 3.66. The monoisotopic (exact) mass is 448 g/mol. The van der Waals surface area contributed by atoms with Crippen LogP contribution in [0.1, 0.15) is 62.3 Å². The molecule has 32 heavy (non-hydrogen) atoms. The van der Waals surface area contributed by atoms with Gasteiger partial charge in [0.1, 0.15) is 17.0 Å². The largest absolute Gasteiger partial charge is 0.494 e. The Labute approximate surface area is 190 Å². The van der Waals surface area contributed by atoms with Crippen molar-refractivity contribution in [1.82, 2.24) is 4.90 Å². The Morgan fingerprint density at radius 3 is 2.12 bits per heavy atom. The second-order valence-corrected chi connectivity index (χ2v) is 10.9. The van der Waals surface area contributed by atoms with Crippen LogP contribution in [0.3, 0.4) is 0 Å². The zero-order chi connectivity index (χ0) is 24.3. The summed E-state index contributed by atoms with van der Waals surface area (Å²) >= 11 is 0. The Bertz CT molecular complexity index is 909. The standard InChI is InChI=1S/C23H34BFN2O5/c1-20(2,3)30-18(28)21(4,5)27-13-12-26(19(27)29)17-11-10-15(14-16(17)25)24-31-22(6,7)23(8,9)32-24/h10-11,14H,12-13H2,1-9H3. The molecule has 0 aliphatic carbocycles. The smallest absolute Gasteiger partial charge is 0.458 e. The van der Waals surface area contributed by atoms with E-state index in [9.17, 15) is 9.59 Å². The van der Waals surface area contributed by atoms with E-state index in [1.807, 2.05) is 27.7 Å². The molecule has 0 atom stereocenters. The summed E-state index contributed by atoms with van der Waals surface area (Å²) in [5, 5.41) is 0. The Hall–Kier alpha value is -2.13. The number of hydrogen-bond donors (Lipinski definition) is 0. The van der Waals surface area contributed by atoms with Crippen LogP contribution in [-0.2, 0) is 18.8 Å². The maximum Gasteiger partial charge on any atom is 0.494 e. The van der Waals surface area contributed by atoms with Crippen molar-refractivity contribution in [2.75, 3.05) is 18.0 Å². The molecule has 2 amide bonds. The molecule has 7 nitrogen and oxygen atoms in total. The van der Waals surface area contributed by atoms with E-state index in [0.717, 1.165) is 0 Å². The van der Waals surface area contributed by atoms with E-state index in [1.165, 1.54) is 15.9 Å². The van der Waals surface area contributed by atoms with E-state index in [-0.39, 0.29) is 18.8 Å². The highest BCUT2D eigenvalue weighted by Crippen LogP contribution is 2.37. The first-order valence-electron chi connectivity index (χ1n) is 10.9. The first kappa shape index (κ1) is 24.5. The second kappa shape index (κ2) is 7.73. The molecule has 0 bridgehead atoms. The lowest BCUT2D eigenvalue weighted by Gasteiger charge is -2.35. The molecule has 0 N–H and O–H groups in total. The first-order valence-corrected chi connectivity index (χ1v) is 10.9. The quantitative estimate of drug-likeness (QED) is 0.521. The van der Waals surface area contributed by atoms with Gasteiger partial charge in [0.05, 0.1) is 16.9 Å². The molecule has 2 aliphatic heterocycles. The van der Waals surface area contributed by atoms with Gasteiger partial charge in [0, 0.05) is 13.1 Å². The van der Waals surface area contributed by atoms with E-state index in [0.29, 0.717) is 5.46 Å². The predicted octanol–water partition coefficient (Wildman–Crippen LogP) is 3.49. The molecule has 0 radical (unpaired) electrons. The molecule has 2 fully saturated rings. The van der Waals surface area contributed by atoms with Gasteiger partial charge >= 0.3 is 19.1 Å². The molecule has 0 spiro atoms. The third kappa shape index (κ3) is 4.37. The summed E-state index contributed by atoms with van der Waals surface area (Å²) in [6, 6.07) is 4.16. The van der Waals surface area contributed by atoms with Crippen LogP contribution < -0.4 is 10.4 Å². The fraction of sp³-hybridized carbons (Fsp3) is 0.652. The highest BCUT2D eigenvalue weighted by molar-refractivity contribution is 6.62. The maximum atomic E-state index is 15.1. The summed E-state index contributed by atoms with van der Waals surface area (Å²) in [6.07, 6.45) is 0. The fourth-order valence-electron chi connectivity index (χ4n) is 3.66. The van der Waals surface area contributed by atoms with Crippen LogP contribution in [0.2, 0.25) is 0 Å². The number of anilines is 1. The van der Waals surface area contributed by atoms with Crippen LogP contribution in [0.25, 0.3) is 0 Å². The van der Waals surface area contributed by atoms with Crippen molar-refractivity contribution < 1.29 is 28.0 Å². The zero-order valence-corrected chi connectivity index (χ0v) is 20.5. The van der Waals surface area contributed by atoms with Gasteiger partial charge in [0.2, 0.25) is 0 Å². The van der Waals surface area contributed by atoms with Gasteiger partial charge in [-0.1, -0.05) is 6.07 Å². The minimum Gasteiger partial charge on any atom is -0.458 e. The average molecular weight is 448 g/mol. The molecule has 0 unspecified atom stereocenters. The summed E-state index contributed by atoms with van der Waals surface area (Å²) in [5.41, 5.74) is -2.23. The van der Waals surface area contributed by atoms with Crippen LogP contribution in [-0.4, -0.2) is 59.5 Å². The molecule has 176 valence electrons. The molecule has 2 heterocycles. The lowest BCUT2D eigenvalue weighted by atomic mass is 9.79. The normalized spacial score (nSPS) is 20.8. The predicted molar refractivity (Wildman–Crippen MR) is 121 cm³/mol. The van der Waals surface area contributed by atoms with Crippen molar-refractivity contribution in [1.29, 1.82) is 0 Å². The van der Waals surface area contributed by atoms with Crippen LogP contribution in [0, 0.1) is 5.82 Å². The number of halogens is 1. The van der Waals surface area contributed by atoms with Gasteiger partial charge < -0.3 is 18.9 Å². The highest BCUT2D eigenvalue weighted by Gasteiger charge is 2.52. The molecule has 2 saturated heterocycles. The zero-order valence-electron chi connectivity index (χ0n) is 20.5. The van der Waals surface area contributed by atoms with E-state index in [1.54, 1.807) is 46.8 Å². The summed E-state index contributed by atoms with van der Waals surface area (Å²) in [6.45, 7) is 16.9. The van der Waals surface area contributed by atoms with Gasteiger partial charge in [-0.25, -0.2) is 14.0 Å². The molecule has 0 aromatic heterocycles. The lowest BCUT2D eigenvalue weighted by molar-refractivity contribution is -0.165. The number of hydrogen-bond acceptors (Lipinski definition) is 5. The molecular weight excluding hydrogens is 414 g/mol. The van der Waals surface area contributed by atoms with Gasteiger partial charge in [-0.05, 0) is 79.9 Å². The highest BCUT2D eigenvalue weighted by atomic mass is 19.1. The Morgan fingerprint density at radius 1 is 1.06 bits per heavy atom. The topological polar surface area (TPSA) is 68.3 Å². The number of esters is 1. The Kier molecular flexibility index (Phi) is 5.92. The molecule has 9 heteroatoms. The minimum atomic E-state index is -1.18.